The number of hydrogen-bond donors (Lipinski definition) is 1. The van der Waals surface area contributed by atoms with E-state index in [1.54, 1.807) is 18.7 Å². The fourth-order valence-electron chi connectivity index (χ4n) is 4.22. The van der Waals surface area contributed by atoms with Crippen LogP contribution in [0.15, 0.2) is 48.5 Å². The fourth-order valence-corrected chi connectivity index (χ4v) is 5.66. The van der Waals surface area contributed by atoms with Crippen LogP contribution < -0.4 is 4.72 Å². The average Bonchev–Trinajstić information content (AvgIpc) is 2.73. The highest BCUT2D eigenvalue weighted by molar-refractivity contribution is 7.90. The van der Waals surface area contributed by atoms with Crippen molar-refractivity contribution in [1.82, 2.24) is 14.6 Å². The van der Waals surface area contributed by atoms with Crippen molar-refractivity contribution in [1.29, 1.82) is 0 Å². The number of carbonyl (C=O) groups excluding carboxylic acids is 1. The van der Waals surface area contributed by atoms with Crippen molar-refractivity contribution in [3.05, 3.63) is 54.2 Å². The largest absolute Gasteiger partial charge is 0.447 e. The summed E-state index contributed by atoms with van der Waals surface area (Å²) in [5.41, 5.74) is 2.63. The first-order chi connectivity index (χ1) is 15.8. The van der Waals surface area contributed by atoms with E-state index in [-0.39, 0.29) is 19.3 Å². The van der Waals surface area contributed by atoms with Gasteiger partial charge in [-0.2, -0.15) is 0 Å². The minimum Gasteiger partial charge on any atom is -0.447 e. The van der Waals surface area contributed by atoms with E-state index in [4.69, 9.17) is 14.5 Å². The first kappa shape index (κ1) is 23.7. The molecule has 0 radical (unpaired) electrons. The van der Waals surface area contributed by atoms with Crippen LogP contribution in [-0.2, 0) is 25.9 Å². The van der Waals surface area contributed by atoms with Crippen molar-refractivity contribution in [3.8, 4) is 11.3 Å². The number of piperidine rings is 1. The predicted molar refractivity (Wildman–Crippen MR) is 125 cm³/mol. The number of amides is 1. The monoisotopic (exact) mass is 473 g/mol. The number of pyridine rings is 1. The van der Waals surface area contributed by atoms with E-state index in [9.17, 15) is 13.2 Å². The van der Waals surface area contributed by atoms with Gasteiger partial charge >= 0.3 is 6.09 Å². The molecule has 2 saturated heterocycles. The van der Waals surface area contributed by atoms with Crippen LogP contribution in [-0.4, -0.2) is 67.6 Å². The van der Waals surface area contributed by atoms with Gasteiger partial charge in [0.05, 0.1) is 31.1 Å². The molecular weight excluding hydrogens is 442 g/mol. The van der Waals surface area contributed by atoms with Crippen LogP contribution in [0.1, 0.15) is 32.4 Å². The maximum atomic E-state index is 12.9. The molecular formula is C24H31N3O5S. The molecule has 0 aliphatic carbocycles. The highest BCUT2D eigenvalue weighted by atomic mass is 32.2. The Kier molecular flexibility index (Phi) is 7.31. The van der Waals surface area contributed by atoms with Gasteiger partial charge in [-0.1, -0.05) is 36.4 Å². The zero-order valence-electron chi connectivity index (χ0n) is 19.0. The number of hydrogen-bond acceptors (Lipinski definition) is 6. The maximum Gasteiger partial charge on any atom is 0.410 e. The highest BCUT2D eigenvalue weighted by Crippen LogP contribution is 2.25. The molecule has 0 spiro atoms. The molecule has 2 fully saturated rings. The van der Waals surface area contributed by atoms with Gasteiger partial charge in [0.25, 0.3) is 0 Å². The summed E-state index contributed by atoms with van der Waals surface area (Å²) in [5, 5.41) is -0.546. The molecule has 1 N–H and O–H groups in total. The molecule has 4 rings (SSSR count). The van der Waals surface area contributed by atoms with Crippen molar-refractivity contribution in [2.75, 3.05) is 19.8 Å². The second kappa shape index (κ2) is 10.2. The Labute approximate surface area is 195 Å². The van der Waals surface area contributed by atoms with Crippen LogP contribution in [0.25, 0.3) is 11.3 Å². The summed E-state index contributed by atoms with van der Waals surface area (Å²) in [6.45, 7) is 4.52. The predicted octanol–water partition coefficient (Wildman–Crippen LogP) is 2.99. The number of rotatable bonds is 7. The van der Waals surface area contributed by atoms with Gasteiger partial charge in [-0.05, 0) is 38.8 Å². The standard InChI is InChI=1S/C24H31N3O5S/c1-17(2)32-24(28)27-13-7-12-22(26-33(29,30)20-15-31-16-20)23(27)14-19-10-6-11-21(25-19)18-8-4-3-5-9-18/h3-6,8-11,17,20,22-23,26H,7,12-16H2,1-2H3. The highest BCUT2D eigenvalue weighted by Gasteiger charge is 2.41. The summed E-state index contributed by atoms with van der Waals surface area (Å²) in [7, 11) is -3.55. The minimum absolute atomic E-state index is 0.201. The molecule has 1 aromatic carbocycles. The van der Waals surface area contributed by atoms with Crippen molar-refractivity contribution < 1.29 is 22.7 Å². The number of carbonyl (C=O) groups is 1. The van der Waals surface area contributed by atoms with Crippen LogP contribution in [0.5, 0.6) is 0 Å². The van der Waals surface area contributed by atoms with E-state index in [0.717, 1.165) is 17.0 Å². The molecule has 3 heterocycles. The average molecular weight is 474 g/mol. The maximum absolute atomic E-state index is 12.9. The van der Waals surface area contributed by atoms with Gasteiger partial charge in [0.2, 0.25) is 10.0 Å². The SMILES string of the molecule is CC(C)OC(=O)N1CCCC(NS(=O)(=O)C2COC2)C1Cc1cccc(-c2ccccc2)n1. The van der Waals surface area contributed by atoms with Crippen molar-refractivity contribution in [3.63, 3.8) is 0 Å². The van der Waals surface area contributed by atoms with Crippen LogP contribution in [0.2, 0.25) is 0 Å². The van der Waals surface area contributed by atoms with E-state index < -0.39 is 33.5 Å². The summed E-state index contributed by atoms with van der Waals surface area (Å²) in [5.74, 6) is 0. The van der Waals surface area contributed by atoms with Gasteiger partial charge in [0.1, 0.15) is 5.25 Å². The van der Waals surface area contributed by atoms with Crippen LogP contribution in [0.3, 0.4) is 0 Å². The zero-order chi connectivity index (χ0) is 23.4. The first-order valence-corrected chi connectivity index (χ1v) is 13.0. The lowest BCUT2D eigenvalue weighted by molar-refractivity contribution is 0.0379. The molecule has 2 aromatic rings. The minimum atomic E-state index is -3.55. The number of sulfonamides is 1. The van der Waals surface area contributed by atoms with Crippen LogP contribution in [0.4, 0.5) is 4.79 Å². The van der Waals surface area contributed by atoms with E-state index in [1.165, 1.54) is 0 Å². The zero-order valence-corrected chi connectivity index (χ0v) is 19.8. The van der Waals surface area contributed by atoms with Gasteiger partial charge in [-0.15, -0.1) is 0 Å². The quantitative estimate of drug-likeness (QED) is 0.664. The Morgan fingerprint density at radius 1 is 1.18 bits per heavy atom. The van der Waals surface area contributed by atoms with E-state index in [0.29, 0.717) is 25.8 Å². The lowest BCUT2D eigenvalue weighted by Gasteiger charge is -2.41. The number of benzene rings is 1. The Hall–Kier alpha value is -2.49. The molecule has 33 heavy (non-hydrogen) atoms. The smallest absolute Gasteiger partial charge is 0.410 e. The molecule has 1 amide bonds. The lowest BCUT2D eigenvalue weighted by Crippen LogP contribution is -2.60. The lowest BCUT2D eigenvalue weighted by atomic mass is 9.93. The molecule has 178 valence electrons. The molecule has 1 aromatic heterocycles. The van der Waals surface area contributed by atoms with Crippen molar-refractivity contribution in [2.45, 2.75) is 56.5 Å². The Bertz CT molecular complexity index is 1060. The summed E-state index contributed by atoms with van der Waals surface area (Å²) in [4.78, 5) is 19.4. The van der Waals surface area contributed by atoms with Crippen molar-refractivity contribution in [2.24, 2.45) is 0 Å². The van der Waals surface area contributed by atoms with E-state index in [2.05, 4.69) is 4.72 Å². The number of ether oxygens (including phenoxy) is 2. The topological polar surface area (TPSA) is 97.8 Å². The molecule has 0 saturated carbocycles. The Morgan fingerprint density at radius 2 is 1.94 bits per heavy atom. The molecule has 2 unspecified atom stereocenters. The number of nitrogens with zero attached hydrogens (tertiary/aromatic N) is 2. The molecule has 9 heteroatoms. The van der Waals surface area contributed by atoms with Crippen LogP contribution >= 0.6 is 0 Å². The third-order valence-electron chi connectivity index (χ3n) is 6.01. The van der Waals surface area contributed by atoms with Gasteiger partial charge in [0.15, 0.2) is 0 Å². The number of nitrogens with one attached hydrogen (secondary N) is 1. The van der Waals surface area contributed by atoms with Crippen LogP contribution in [0, 0.1) is 0 Å². The molecule has 2 aliphatic heterocycles. The molecule has 8 nitrogen and oxygen atoms in total. The van der Waals surface area contributed by atoms with Crippen molar-refractivity contribution >= 4 is 16.1 Å². The van der Waals surface area contributed by atoms with Gasteiger partial charge in [-0.3, -0.25) is 4.98 Å². The second-order valence-corrected chi connectivity index (χ2v) is 10.8. The second-order valence-electron chi connectivity index (χ2n) is 8.85. The molecule has 0 bridgehead atoms. The van der Waals surface area contributed by atoms with E-state index >= 15 is 0 Å². The summed E-state index contributed by atoms with van der Waals surface area (Å²) >= 11 is 0. The summed E-state index contributed by atoms with van der Waals surface area (Å²) < 4.78 is 39.1. The number of aromatic nitrogens is 1. The fraction of sp³-hybridized carbons (Fsp3) is 0.500. The third-order valence-corrected chi connectivity index (χ3v) is 7.79. The van der Waals surface area contributed by atoms with Gasteiger partial charge in [-0.25, -0.2) is 17.9 Å². The Balaban J connectivity index is 1.60. The molecule has 2 atom stereocenters. The molecule has 2 aliphatic rings. The van der Waals surface area contributed by atoms with Gasteiger partial charge < -0.3 is 14.4 Å². The normalized spacial score (nSPS) is 21.6. The van der Waals surface area contributed by atoms with Gasteiger partial charge in [0, 0.05) is 30.3 Å². The Morgan fingerprint density at radius 3 is 2.61 bits per heavy atom. The first-order valence-electron chi connectivity index (χ1n) is 11.4. The third kappa shape index (κ3) is 5.72. The summed E-state index contributed by atoms with van der Waals surface area (Å²) in [6, 6.07) is 14.8. The van der Waals surface area contributed by atoms with E-state index in [1.807, 2.05) is 48.5 Å². The number of likely N-dealkylation sites (tertiary alicyclic amines) is 1. The summed E-state index contributed by atoms with van der Waals surface area (Å²) in [6.07, 6.45) is 1.06.